The molecule has 0 saturated carbocycles. The van der Waals surface area contributed by atoms with Gasteiger partial charge in [0.1, 0.15) is 5.75 Å². The van der Waals surface area contributed by atoms with Gasteiger partial charge in [0.25, 0.3) is 0 Å². The summed E-state index contributed by atoms with van der Waals surface area (Å²) in [5, 5.41) is 0. The molecule has 1 fully saturated rings. The summed E-state index contributed by atoms with van der Waals surface area (Å²) in [6.45, 7) is 13.8. The lowest BCUT2D eigenvalue weighted by Crippen LogP contribution is -2.49. The van der Waals surface area contributed by atoms with Crippen molar-refractivity contribution in [2.75, 3.05) is 26.2 Å². The predicted molar refractivity (Wildman–Crippen MR) is 130 cm³/mol. The van der Waals surface area contributed by atoms with Gasteiger partial charge in [-0.15, -0.1) is 0 Å². The Hall–Kier alpha value is -2.33. The molecule has 1 heterocycles. The van der Waals surface area contributed by atoms with Gasteiger partial charge < -0.3 is 14.4 Å². The molecule has 3 rings (SSSR count). The second-order valence-corrected chi connectivity index (χ2v) is 9.66. The van der Waals surface area contributed by atoms with Gasteiger partial charge >= 0.3 is 5.97 Å². The summed E-state index contributed by atoms with van der Waals surface area (Å²) in [4.78, 5) is 15.2. The number of hydrogen-bond donors (Lipinski definition) is 0. The molecule has 1 saturated heterocycles. The van der Waals surface area contributed by atoms with Crippen LogP contribution in [0.5, 0.6) is 5.75 Å². The van der Waals surface area contributed by atoms with E-state index in [1.54, 1.807) is 0 Å². The molecule has 32 heavy (non-hydrogen) atoms. The third-order valence-electron chi connectivity index (χ3n) is 6.86. The summed E-state index contributed by atoms with van der Waals surface area (Å²) in [6, 6.07) is 18.8. The van der Waals surface area contributed by atoms with Gasteiger partial charge in [-0.25, -0.2) is 0 Å². The first-order valence-electron chi connectivity index (χ1n) is 12.0. The molecule has 4 nitrogen and oxygen atoms in total. The Balaban J connectivity index is 1.69. The molecule has 1 aliphatic heterocycles. The van der Waals surface area contributed by atoms with E-state index in [4.69, 9.17) is 9.47 Å². The third kappa shape index (κ3) is 6.13. The molecule has 1 aliphatic rings. The topological polar surface area (TPSA) is 38.8 Å². The van der Waals surface area contributed by atoms with Crippen molar-refractivity contribution in [3.8, 4) is 5.75 Å². The number of carbonyl (C=O) groups is 1. The van der Waals surface area contributed by atoms with E-state index in [1.807, 2.05) is 31.2 Å². The molecule has 0 bridgehead atoms. The highest BCUT2D eigenvalue weighted by molar-refractivity contribution is 5.73. The highest BCUT2D eigenvalue weighted by Gasteiger charge is 2.39. The molecular formula is C28H39NO3. The summed E-state index contributed by atoms with van der Waals surface area (Å²) in [7, 11) is 0. The van der Waals surface area contributed by atoms with Crippen molar-refractivity contribution in [1.82, 2.24) is 4.90 Å². The number of piperidine rings is 1. The molecular weight excluding hydrogens is 398 g/mol. The fourth-order valence-corrected chi connectivity index (χ4v) is 4.80. The number of hydrogen-bond acceptors (Lipinski definition) is 4. The molecule has 174 valence electrons. The summed E-state index contributed by atoms with van der Waals surface area (Å²) >= 11 is 0. The quantitative estimate of drug-likeness (QED) is 0.486. The van der Waals surface area contributed by atoms with Gasteiger partial charge in [-0.05, 0) is 74.8 Å². The van der Waals surface area contributed by atoms with Crippen molar-refractivity contribution in [2.24, 2.45) is 11.8 Å². The number of ether oxygens (including phenoxy) is 2. The number of likely N-dealkylation sites (tertiary alicyclic amines) is 1. The maximum atomic E-state index is 12.7. The first-order valence-corrected chi connectivity index (χ1v) is 12.0. The zero-order valence-corrected chi connectivity index (χ0v) is 20.3. The Morgan fingerprint density at radius 2 is 1.91 bits per heavy atom. The van der Waals surface area contributed by atoms with E-state index in [-0.39, 0.29) is 23.4 Å². The van der Waals surface area contributed by atoms with E-state index in [0.29, 0.717) is 12.5 Å². The molecule has 0 N–H and O–H groups in total. The third-order valence-corrected chi connectivity index (χ3v) is 6.86. The lowest BCUT2D eigenvalue weighted by atomic mass is 9.68. The SMILES string of the molecule is CCOC(=O)[C@@H](Cc1ccccc1)CN1CC[C@@](C)(c2cccc(OC(C)C)c2)[C@@H](C)C1. The summed E-state index contributed by atoms with van der Waals surface area (Å²) < 4.78 is 11.4. The molecule has 3 atom stereocenters. The average molecular weight is 438 g/mol. The average Bonchev–Trinajstić information content (AvgIpc) is 2.76. The molecule has 0 aromatic heterocycles. The Labute approximate surface area is 193 Å². The molecule has 4 heteroatoms. The number of esters is 1. The van der Waals surface area contributed by atoms with Gasteiger partial charge in [-0.3, -0.25) is 4.79 Å². The van der Waals surface area contributed by atoms with E-state index < -0.39 is 0 Å². The van der Waals surface area contributed by atoms with Gasteiger partial charge in [0, 0.05) is 13.1 Å². The van der Waals surface area contributed by atoms with Gasteiger partial charge in [-0.2, -0.15) is 0 Å². The van der Waals surface area contributed by atoms with Crippen molar-refractivity contribution in [3.63, 3.8) is 0 Å². The van der Waals surface area contributed by atoms with Gasteiger partial charge in [-0.1, -0.05) is 56.3 Å². The molecule has 2 aromatic rings. The Bertz CT molecular complexity index is 866. The van der Waals surface area contributed by atoms with Gasteiger partial charge in [0.15, 0.2) is 0 Å². The van der Waals surface area contributed by atoms with E-state index in [9.17, 15) is 4.79 Å². The van der Waals surface area contributed by atoms with E-state index in [2.05, 4.69) is 62.9 Å². The number of benzene rings is 2. The van der Waals surface area contributed by atoms with Crippen molar-refractivity contribution in [1.29, 1.82) is 0 Å². The fraction of sp³-hybridized carbons (Fsp3) is 0.536. The van der Waals surface area contributed by atoms with Crippen LogP contribution in [0.1, 0.15) is 52.2 Å². The first kappa shape index (κ1) is 24.3. The largest absolute Gasteiger partial charge is 0.491 e. The number of carbonyl (C=O) groups excluding carboxylic acids is 1. The molecule has 2 aromatic carbocycles. The standard InChI is InChI=1S/C28H39NO3/c1-6-31-27(30)24(17-23-11-8-7-9-12-23)20-29-16-15-28(5,22(4)19-29)25-13-10-14-26(18-25)32-21(2)3/h7-14,18,21-22,24H,6,15-17,19-20H2,1-5H3/t22-,24-,28+/m0/s1. The summed E-state index contributed by atoms with van der Waals surface area (Å²) in [5.74, 6) is 1.18. The van der Waals surface area contributed by atoms with Crippen LogP contribution in [0.2, 0.25) is 0 Å². The van der Waals surface area contributed by atoms with Crippen LogP contribution in [0.25, 0.3) is 0 Å². The van der Waals surface area contributed by atoms with Crippen LogP contribution in [0, 0.1) is 11.8 Å². The minimum absolute atomic E-state index is 0.0872. The maximum absolute atomic E-state index is 12.7. The van der Waals surface area contributed by atoms with E-state index in [0.717, 1.165) is 38.2 Å². The second-order valence-electron chi connectivity index (χ2n) is 9.66. The number of rotatable bonds is 9. The lowest BCUT2D eigenvalue weighted by Gasteiger charge is -2.45. The minimum atomic E-state index is -0.142. The normalized spacial score (nSPS) is 22.5. The van der Waals surface area contributed by atoms with Crippen LogP contribution in [-0.4, -0.2) is 43.2 Å². The first-order chi connectivity index (χ1) is 15.3. The van der Waals surface area contributed by atoms with Crippen LogP contribution < -0.4 is 4.74 Å². The Morgan fingerprint density at radius 3 is 2.56 bits per heavy atom. The highest BCUT2D eigenvalue weighted by atomic mass is 16.5. The van der Waals surface area contributed by atoms with Crippen LogP contribution in [-0.2, 0) is 21.4 Å². The molecule has 0 amide bonds. The summed E-state index contributed by atoms with van der Waals surface area (Å²) in [5.41, 5.74) is 2.61. The molecule has 0 radical (unpaired) electrons. The maximum Gasteiger partial charge on any atom is 0.310 e. The molecule has 0 aliphatic carbocycles. The fourth-order valence-electron chi connectivity index (χ4n) is 4.80. The van der Waals surface area contributed by atoms with Crippen molar-refractivity contribution < 1.29 is 14.3 Å². The lowest BCUT2D eigenvalue weighted by molar-refractivity contribution is -0.149. The van der Waals surface area contributed by atoms with Crippen molar-refractivity contribution in [3.05, 3.63) is 65.7 Å². The highest BCUT2D eigenvalue weighted by Crippen LogP contribution is 2.40. The van der Waals surface area contributed by atoms with E-state index in [1.165, 1.54) is 11.1 Å². The monoisotopic (exact) mass is 437 g/mol. The summed E-state index contributed by atoms with van der Waals surface area (Å²) in [6.07, 6.45) is 1.94. The van der Waals surface area contributed by atoms with Crippen LogP contribution in [0.3, 0.4) is 0 Å². The number of nitrogens with zero attached hydrogens (tertiary/aromatic N) is 1. The van der Waals surface area contributed by atoms with Crippen LogP contribution >= 0.6 is 0 Å². The molecule has 0 spiro atoms. The zero-order valence-electron chi connectivity index (χ0n) is 20.3. The van der Waals surface area contributed by atoms with E-state index >= 15 is 0 Å². The smallest absolute Gasteiger partial charge is 0.310 e. The zero-order chi connectivity index (χ0) is 23.1. The van der Waals surface area contributed by atoms with Crippen molar-refractivity contribution in [2.45, 2.75) is 59.0 Å². The van der Waals surface area contributed by atoms with Crippen LogP contribution in [0.15, 0.2) is 54.6 Å². The van der Waals surface area contributed by atoms with Gasteiger partial charge in [0.05, 0.1) is 18.6 Å². The Kier molecular flexibility index (Phi) is 8.36. The van der Waals surface area contributed by atoms with Crippen LogP contribution in [0.4, 0.5) is 0 Å². The van der Waals surface area contributed by atoms with Gasteiger partial charge in [0.2, 0.25) is 0 Å². The second kappa shape index (κ2) is 11.0. The predicted octanol–water partition coefficient (Wildman–Crippen LogP) is 5.50. The molecule has 0 unspecified atom stereocenters. The minimum Gasteiger partial charge on any atom is -0.491 e. The Morgan fingerprint density at radius 1 is 1.16 bits per heavy atom. The van der Waals surface area contributed by atoms with Crippen molar-refractivity contribution >= 4 is 5.97 Å².